The van der Waals surface area contributed by atoms with E-state index < -0.39 is 5.97 Å². The molecule has 0 aliphatic carbocycles. The van der Waals surface area contributed by atoms with Gasteiger partial charge in [-0.25, -0.2) is 19.2 Å². The molecule has 26 heavy (non-hydrogen) atoms. The third kappa shape index (κ3) is 4.13. The fraction of sp³-hybridized carbons (Fsp3) is 0.105. The molecule has 0 bridgehead atoms. The number of halogens is 1. The van der Waals surface area contributed by atoms with Gasteiger partial charge in [0.15, 0.2) is 0 Å². The first kappa shape index (κ1) is 17.3. The van der Waals surface area contributed by atoms with Gasteiger partial charge in [0.05, 0.1) is 18.4 Å². The first-order valence-electron chi connectivity index (χ1n) is 7.88. The summed E-state index contributed by atoms with van der Waals surface area (Å²) in [6, 6.07) is 14.8. The van der Waals surface area contributed by atoms with Crippen LogP contribution in [0.5, 0.6) is 0 Å². The Balaban J connectivity index is 1.79. The molecule has 3 rings (SSSR count). The van der Waals surface area contributed by atoms with E-state index in [1.165, 1.54) is 13.2 Å². The zero-order chi connectivity index (χ0) is 18.5. The van der Waals surface area contributed by atoms with Gasteiger partial charge < -0.3 is 15.4 Å². The predicted octanol–water partition coefficient (Wildman–Crippen LogP) is 4.20. The highest BCUT2D eigenvalue weighted by Crippen LogP contribution is 2.22. The van der Waals surface area contributed by atoms with Crippen molar-refractivity contribution in [2.24, 2.45) is 0 Å². The smallest absolute Gasteiger partial charge is 0.337 e. The molecule has 0 radical (unpaired) electrons. The third-order valence-corrected chi connectivity index (χ3v) is 3.55. The van der Waals surface area contributed by atoms with Gasteiger partial charge in [0.25, 0.3) is 0 Å². The number of para-hydroxylation sites is 1. The summed E-state index contributed by atoms with van der Waals surface area (Å²) in [5.74, 6) is 0.779. The van der Waals surface area contributed by atoms with Crippen molar-refractivity contribution < 1.29 is 13.9 Å². The molecule has 0 unspecified atom stereocenters. The van der Waals surface area contributed by atoms with E-state index in [-0.39, 0.29) is 5.82 Å². The summed E-state index contributed by atoms with van der Waals surface area (Å²) in [4.78, 5) is 20.1. The maximum atomic E-state index is 13.8. The van der Waals surface area contributed by atoms with Crippen LogP contribution in [0.15, 0.2) is 54.6 Å². The zero-order valence-corrected chi connectivity index (χ0v) is 14.3. The molecular formula is C19H17FN4O2. The number of methoxy groups -OCH3 is 1. The minimum absolute atomic E-state index is 0.332. The molecule has 0 saturated carbocycles. The molecule has 0 atom stereocenters. The van der Waals surface area contributed by atoms with Gasteiger partial charge in [-0.15, -0.1) is 0 Å². The van der Waals surface area contributed by atoms with Crippen LogP contribution in [0.3, 0.4) is 0 Å². The summed E-state index contributed by atoms with van der Waals surface area (Å²) in [6.07, 6.45) is 0. The van der Waals surface area contributed by atoms with Crippen molar-refractivity contribution >= 4 is 29.0 Å². The van der Waals surface area contributed by atoms with Gasteiger partial charge in [-0.3, -0.25) is 0 Å². The molecule has 0 spiro atoms. The fourth-order valence-corrected chi connectivity index (χ4v) is 2.35. The summed E-state index contributed by atoms with van der Waals surface area (Å²) in [7, 11) is 1.34. The lowest BCUT2D eigenvalue weighted by Gasteiger charge is -2.11. The van der Waals surface area contributed by atoms with Crippen LogP contribution in [0.25, 0.3) is 0 Å². The highest BCUT2D eigenvalue weighted by Gasteiger charge is 2.07. The van der Waals surface area contributed by atoms with E-state index in [4.69, 9.17) is 0 Å². The van der Waals surface area contributed by atoms with Crippen molar-refractivity contribution in [3.63, 3.8) is 0 Å². The van der Waals surface area contributed by atoms with Crippen molar-refractivity contribution in [1.82, 2.24) is 9.97 Å². The summed E-state index contributed by atoms with van der Waals surface area (Å²) < 4.78 is 18.5. The second-order valence-corrected chi connectivity index (χ2v) is 5.48. The highest BCUT2D eigenvalue weighted by atomic mass is 19.1. The first-order valence-corrected chi connectivity index (χ1v) is 7.88. The van der Waals surface area contributed by atoms with Crippen LogP contribution in [-0.2, 0) is 4.74 Å². The van der Waals surface area contributed by atoms with Crippen LogP contribution < -0.4 is 10.6 Å². The molecule has 1 aromatic heterocycles. The van der Waals surface area contributed by atoms with Crippen LogP contribution in [0.1, 0.15) is 16.2 Å². The topological polar surface area (TPSA) is 76.1 Å². The van der Waals surface area contributed by atoms with Crippen LogP contribution in [0.2, 0.25) is 0 Å². The van der Waals surface area contributed by atoms with E-state index in [0.717, 1.165) is 5.69 Å². The third-order valence-electron chi connectivity index (χ3n) is 3.55. The lowest BCUT2D eigenvalue weighted by atomic mass is 10.2. The number of aryl methyl sites for hydroxylation is 1. The van der Waals surface area contributed by atoms with Crippen molar-refractivity contribution in [3.8, 4) is 0 Å². The first-order chi connectivity index (χ1) is 12.5. The Morgan fingerprint density at radius 3 is 2.31 bits per heavy atom. The van der Waals surface area contributed by atoms with E-state index >= 15 is 0 Å². The summed E-state index contributed by atoms with van der Waals surface area (Å²) in [6.45, 7) is 1.75. The maximum absolute atomic E-state index is 13.8. The fourth-order valence-electron chi connectivity index (χ4n) is 2.35. The Labute approximate surface area is 150 Å². The number of carbonyl (C=O) groups excluding carboxylic acids is 1. The lowest BCUT2D eigenvalue weighted by Crippen LogP contribution is -2.03. The van der Waals surface area contributed by atoms with Crippen molar-refractivity contribution in [3.05, 3.63) is 71.8 Å². The summed E-state index contributed by atoms with van der Waals surface area (Å²) >= 11 is 0. The molecule has 132 valence electrons. The molecule has 0 saturated heterocycles. The minimum atomic E-state index is -0.397. The molecular weight excluding hydrogens is 335 g/mol. The van der Waals surface area contributed by atoms with E-state index in [9.17, 15) is 9.18 Å². The number of ether oxygens (including phenoxy) is 1. The number of esters is 1. The summed E-state index contributed by atoms with van der Waals surface area (Å²) in [5.41, 5.74) is 1.53. The number of rotatable bonds is 5. The SMILES string of the molecule is COC(=O)c1ccc(Nc2cc(Nc3ccccc3F)nc(C)n2)cc1. The van der Waals surface area contributed by atoms with E-state index in [2.05, 4.69) is 25.3 Å². The number of hydrogen-bond donors (Lipinski definition) is 2. The molecule has 2 N–H and O–H groups in total. The molecule has 0 amide bonds. The van der Waals surface area contributed by atoms with Gasteiger partial charge >= 0.3 is 5.97 Å². The van der Waals surface area contributed by atoms with Crippen molar-refractivity contribution in [2.75, 3.05) is 17.7 Å². The average molecular weight is 352 g/mol. The minimum Gasteiger partial charge on any atom is -0.465 e. The molecule has 3 aromatic rings. The average Bonchev–Trinajstić information content (AvgIpc) is 2.63. The molecule has 6 nitrogen and oxygen atoms in total. The van der Waals surface area contributed by atoms with Crippen LogP contribution in [0.4, 0.5) is 27.4 Å². The van der Waals surface area contributed by atoms with Crippen LogP contribution in [-0.4, -0.2) is 23.0 Å². The number of hydrogen-bond acceptors (Lipinski definition) is 6. The number of aromatic nitrogens is 2. The number of nitrogens with one attached hydrogen (secondary N) is 2. The van der Waals surface area contributed by atoms with Gasteiger partial charge in [-0.2, -0.15) is 0 Å². The monoisotopic (exact) mass is 352 g/mol. The summed E-state index contributed by atoms with van der Waals surface area (Å²) in [5, 5.41) is 6.08. The van der Waals surface area contributed by atoms with Crippen LogP contribution >= 0.6 is 0 Å². The van der Waals surface area contributed by atoms with Gasteiger partial charge in [0.1, 0.15) is 23.3 Å². The van der Waals surface area contributed by atoms with Gasteiger partial charge in [-0.1, -0.05) is 12.1 Å². The molecule has 0 aliphatic rings. The van der Waals surface area contributed by atoms with E-state index in [0.29, 0.717) is 28.7 Å². The Hall–Kier alpha value is -3.48. The number of carbonyl (C=O) groups is 1. The Kier molecular flexibility index (Phi) is 5.07. The molecule has 0 aliphatic heterocycles. The molecule has 0 fully saturated rings. The van der Waals surface area contributed by atoms with Gasteiger partial charge in [0, 0.05) is 11.8 Å². The predicted molar refractivity (Wildman–Crippen MR) is 97.5 cm³/mol. The quantitative estimate of drug-likeness (QED) is 0.670. The van der Waals surface area contributed by atoms with E-state index in [1.807, 2.05) is 0 Å². The number of nitrogens with zero attached hydrogens (tertiary/aromatic N) is 2. The van der Waals surface area contributed by atoms with E-state index in [1.54, 1.807) is 55.5 Å². The molecule has 7 heteroatoms. The van der Waals surface area contributed by atoms with Gasteiger partial charge in [-0.05, 0) is 43.3 Å². The van der Waals surface area contributed by atoms with Gasteiger partial charge in [0.2, 0.25) is 0 Å². The van der Waals surface area contributed by atoms with Crippen molar-refractivity contribution in [2.45, 2.75) is 6.92 Å². The van der Waals surface area contributed by atoms with Crippen molar-refractivity contribution in [1.29, 1.82) is 0 Å². The maximum Gasteiger partial charge on any atom is 0.337 e. The number of anilines is 4. The zero-order valence-electron chi connectivity index (χ0n) is 14.3. The largest absolute Gasteiger partial charge is 0.465 e. The lowest BCUT2D eigenvalue weighted by molar-refractivity contribution is 0.0601. The Morgan fingerprint density at radius 2 is 1.65 bits per heavy atom. The standard InChI is InChI=1S/C19H17FN4O2/c1-12-21-17(23-14-9-7-13(8-10-14)19(25)26-2)11-18(22-12)24-16-6-4-3-5-15(16)20/h3-11H,1-2H3,(H2,21,22,23,24). The normalized spacial score (nSPS) is 10.3. The second kappa shape index (κ2) is 7.60. The molecule has 2 aromatic carbocycles. The van der Waals surface area contributed by atoms with Crippen LogP contribution in [0, 0.1) is 12.7 Å². The Morgan fingerprint density at radius 1 is 1.00 bits per heavy atom. The Bertz CT molecular complexity index is 929. The molecule has 1 heterocycles. The number of benzene rings is 2. The second-order valence-electron chi connectivity index (χ2n) is 5.48. The highest BCUT2D eigenvalue weighted by molar-refractivity contribution is 5.89.